The van der Waals surface area contributed by atoms with E-state index in [2.05, 4.69) is 5.10 Å². The van der Waals surface area contributed by atoms with Crippen LogP contribution in [0.15, 0.2) is 14.4 Å². The summed E-state index contributed by atoms with van der Waals surface area (Å²) in [4.78, 5) is 36.3. The van der Waals surface area contributed by atoms with E-state index in [1.165, 1.54) is 25.7 Å². The molecule has 25 heavy (non-hydrogen) atoms. The van der Waals surface area contributed by atoms with E-state index in [9.17, 15) is 19.5 Å². The van der Waals surface area contributed by atoms with Gasteiger partial charge in [-0.2, -0.15) is 0 Å². The molecule has 2 aliphatic rings. The largest absolute Gasteiger partial charge is 0.503 e. The highest BCUT2D eigenvalue weighted by molar-refractivity contribution is 5.74. The Morgan fingerprint density at radius 1 is 0.880 bits per heavy atom. The maximum absolute atomic E-state index is 12.9. The summed E-state index contributed by atoms with van der Waals surface area (Å²) >= 11 is 0. The van der Waals surface area contributed by atoms with Gasteiger partial charge in [0.25, 0.3) is 11.0 Å². The molecule has 134 valence electrons. The molecular weight excluding hydrogens is 320 g/mol. The van der Waals surface area contributed by atoms with Crippen LogP contribution < -0.4 is 16.4 Å². The van der Waals surface area contributed by atoms with E-state index in [1.54, 1.807) is 4.68 Å². The van der Waals surface area contributed by atoms with Gasteiger partial charge >= 0.3 is 0 Å². The molecule has 2 aromatic rings. The number of nitrogens with one attached hydrogen (secondary N) is 1. The number of rotatable bonds is 5. The average molecular weight is 344 g/mol. The average Bonchev–Trinajstić information content (AvgIpc) is 3.35. The second kappa shape index (κ2) is 6.32. The summed E-state index contributed by atoms with van der Waals surface area (Å²) in [5, 5.41) is 13.1. The van der Waals surface area contributed by atoms with Crippen LogP contribution in [0.3, 0.4) is 0 Å². The summed E-state index contributed by atoms with van der Waals surface area (Å²) in [7, 11) is 0. The van der Waals surface area contributed by atoms with Crippen molar-refractivity contribution >= 4 is 0 Å². The van der Waals surface area contributed by atoms with Crippen LogP contribution in [0.4, 0.5) is 0 Å². The molecule has 6 nitrogen and oxygen atoms in total. The minimum atomic E-state index is -0.884. The molecule has 0 atom stereocenters. The van der Waals surface area contributed by atoms with E-state index in [4.69, 9.17) is 0 Å². The molecule has 0 aliphatic heterocycles. The van der Waals surface area contributed by atoms with Crippen LogP contribution in [-0.2, 0) is 13.0 Å². The van der Waals surface area contributed by atoms with Crippen LogP contribution >= 0.6 is 0 Å². The first-order chi connectivity index (χ1) is 12.1. The second-order valence-electron chi connectivity index (χ2n) is 7.77. The van der Waals surface area contributed by atoms with Gasteiger partial charge in [0, 0.05) is 12.2 Å². The Labute approximate surface area is 145 Å². The zero-order chi connectivity index (χ0) is 17.6. The number of aromatic hydroxyl groups is 1. The molecule has 1 aromatic carbocycles. The van der Waals surface area contributed by atoms with Gasteiger partial charge in [0.15, 0.2) is 5.75 Å². The summed E-state index contributed by atoms with van der Waals surface area (Å²) < 4.78 is 1.59. The minimum absolute atomic E-state index is 0.0792. The normalized spacial score (nSPS) is 19.4. The summed E-state index contributed by atoms with van der Waals surface area (Å²) in [6.45, 7) is 0.618. The van der Waals surface area contributed by atoms with Crippen molar-refractivity contribution in [1.82, 2.24) is 9.78 Å². The van der Waals surface area contributed by atoms with Crippen molar-refractivity contribution in [2.45, 2.75) is 64.3 Å². The van der Waals surface area contributed by atoms with Crippen LogP contribution in [0.1, 0.15) is 57.1 Å². The number of H-pyrrole nitrogens is 1. The van der Waals surface area contributed by atoms with Gasteiger partial charge < -0.3 is 5.11 Å². The Balaban J connectivity index is 1.73. The second-order valence-corrected chi connectivity index (χ2v) is 7.77. The smallest absolute Gasteiger partial charge is 0.274 e. The van der Waals surface area contributed by atoms with Crippen LogP contribution in [-0.4, -0.2) is 14.9 Å². The summed E-state index contributed by atoms with van der Waals surface area (Å²) in [5.41, 5.74) is -1.05. The Morgan fingerprint density at radius 2 is 1.48 bits per heavy atom. The molecule has 0 saturated heterocycles. The van der Waals surface area contributed by atoms with Crippen molar-refractivity contribution in [2.24, 2.45) is 11.8 Å². The topological polar surface area (TPSA) is 92.2 Å². The third kappa shape index (κ3) is 2.77. The number of aromatic amines is 1. The summed E-state index contributed by atoms with van der Waals surface area (Å²) in [6.07, 6.45) is 9.94. The number of hydrogen-bond acceptors (Lipinski definition) is 4. The Hall–Kier alpha value is -2.11. The van der Waals surface area contributed by atoms with E-state index in [0.29, 0.717) is 30.5 Å². The van der Waals surface area contributed by atoms with Crippen LogP contribution in [0, 0.1) is 11.8 Å². The van der Waals surface area contributed by atoms with Gasteiger partial charge in [0.1, 0.15) is 0 Å². The van der Waals surface area contributed by atoms with Crippen molar-refractivity contribution in [3.63, 3.8) is 0 Å². The SMILES string of the molecule is O=c1c(O)c(-c2c(CC3CCCC3)[nH]n(CC3CCCC3)c2=O)c1=O. The Morgan fingerprint density at radius 3 is 2.08 bits per heavy atom. The highest BCUT2D eigenvalue weighted by Crippen LogP contribution is 2.32. The molecule has 2 fully saturated rings. The van der Waals surface area contributed by atoms with Crippen LogP contribution in [0.5, 0.6) is 5.75 Å². The first kappa shape index (κ1) is 16.4. The van der Waals surface area contributed by atoms with Gasteiger partial charge in [-0.15, -0.1) is 0 Å². The lowest BCUT2D eigenvalue weighted by Crippen LogP contribution is -2.34. The van der Waals surface area contributed by atoms with Gasteiger partial charge in [-0.25, -0.2) is 0 Å². The lowest BCUT2D eigenvalue weighted by atomic mass is 9.94. The summed E-state index contributed by atoms with van der Waals surface area (Å²) in [5.74, 6) is 0.414. The number of nitrogens with zero attached hydrogens (tertiary/aromatic N) is 1. The fourth-order valence-corrected chi connectivity index (χ4v) is 4.63. The van der Waals surface area contributed by atoms with E-state index in [1.807, 2.05) is 0 Å². The zero-order valence-electron chi connectivity index (χ0n) is 14.3. The molecule has 0 bridgehead atoms. The molecule has 2 N–H and O–H groups in total. The molecule has 0 amide bonds. The predicted octanol–water partition coefficient (Wildman–Crippen LogP) is 2.07. The van der Waals surface area contributed by atoms with E-state index in [0.717, 1.165) is 25.7 Å². The van der Waals surface area contributed by atoms with Crippen LogP contribution in [0.25, 0.3) is 11.1 Å². The standard InChI is InChI=1S/C19H24N2O4/c22-16-15(17(23)18(16)24)14-13(9-11-5-1-2-6-11)20-21(19(14)25)10-12-7-3-4-8-12/h11-12,20,22H,1-10H2. The highest BCUT2D eigenvalue weighted by Gasteiger charge is 2.30. The van der Waals surface area contributed by atoms with Crippen molar-refractivity contribution < 1.29 is 5.11 Å². The fraction of sp³-hybridized carbons (Fsp3) is 0.632. The maximum atomic E-state index is 12.9. The molecular formula is C19H24N2O4. The van der Waals surface area contributed by atoms with Gasteiger partial charge in [-0.05, 0) is 31.1 Å². The predicted molar refractivity (Wildman–Crippen MR) is 94.7 cm³/mol. The molecule has 0 radical (unpaired) electrons. The Bertz CT molecular complexity index is 901. The maximum Gasteiger partial charge on any atom is 0.274 e. The van der Waals surface area contributed by atoms with E-state index < -0.39 is 16.6 Å². The molecule has 6 heteroatoms. The van der Waals surface area contributed by atoms with Crippen molar-refractivity contribution in [1.29, 1.82) is 0 Å². The zero-order valence-corrected chi connectivity index (χ0v) is 14.3. The molecule has 4 rings (SSSR count). The molecule has 1 heterocycles. The van der Waals surface area contributed by atoms with Gasteiger partial charge in [0.05, 0.1) is 11.1 Å². The first-order valence-electron chi connectivity index (χ1n) is 9.40. The minimum Gasteiger partial charge on any atom is -0.503 e. The molecule has 1 aromatic heterocycles. The fourth-order valence-electron chi connectivity index (χ4n) is 4.63. The number of aromatic nitrogens is 2. The van der Waals surface area contributed by atoms with Gasteiger partial charge in [-0.1, -0.05) is 38.5 Å². The van der Waals surface area contributed by atoms with Gasteiger partial charge in [0.2, 0.25) is 5.43 Å². The monoisotopic (exact) mass is 344 g/mol. The molecule has 0 spiro atoms. The highest BCUT2D eigenvalue weighted by atomic mass is 16.3. The lowest BCUT2D eigenvalue weighted by Gasteiger charge is -2.10. The lowest BCUT2D eigenvalue weighted by molar-refractivity contribution is 0.417. The van der Waals surface area contributed by atoms with Crippen molar-refractivity contribution in [3.8, 4) is 16.9 Å². The third-order valence-electron chi connectivity index (χ3n) is 6.05. The van der Waals surface area contributed by atoms with E-state index >= 15 is 0 Å². The Kier molecular flexibility index (Phi) is 4.13. The first-order valence-corrected chi connectivity index (χ1v) is 9.40. The third-order valence-corrected chi connectivity index (χ3v) is 6.05. The van der Waals surface area contributed by atoms with E-state index in [-0.39, 0.29) is 16.7 Å². The van der Waals surface area contributed by atoms with Gasteiger partial charge in [-0.3, -0.25) is 24.2 Å². The quantitative estimate of drug-likeness (QED) is 0.812. The molecule has 2 saturated carbocycles. The molecule has 0 unspecified atom stereocenters. The molecule has 2 aliphatic carbocycles. The van der Waals surface area contributed by atoms with Crippen molar-refractivity contribution in [2.75, 3.05) is 0 Å². The van der Waals surface area contributed by atoms with Crippen molar-refractivity contribution in [3.05, 3.63) is 36.5 Å². The van der Waals surface area contributed by atoms with Crippen LogP contribution in [0.2, 0.25) is 0 Å². The summed E-state index contributed by atoms with van der Waals surface area (Å²) in [6, 6.07) is 0. The number of hydrogen-bond donors (Lipinski definition) is 2.